The number of hydrogen-bond donors (Lipinski definition) is 2. The van der Waals surface area contributed by atoms with E-state index >= 15 is 0 Å². The highest BCUT2D eigenvalue weighted by Gasteiger charge is 2.06. The van der Waals surface area contributed by atoms with Gasteiger partial charge in [0.25, 0.3) is 0 Å². The van der Waals surface area contributed by atoms with E-state index in [1.165, 1.54) is 0 Å². The molecule has 2 aromatic rings. The summed E-state index contributed by atoms with van der Waals surface area (Å²) in [7, 11) is 0. The van der Waals surface area contributed by atoms with Gasteiger partial charge in [-0.15, -0.1) is 0 Å². The number of ether oxygens (including phenoxy) is 1. The Morgan fingerprint density at radius 1 is 1.42 bits per heavy atom. The summed E-state index contributed by atoms with van der Waals surface area (Å²) in [4.78, 5) is 4.12. The van der Waals surface area contributed by atoms with Crippen LogP contribution in [-0.4, -0.2) is 16.2 Å². The van der Waals surface area contributed by atoms with Gasteiger partial charge in [-0.05, 0) is 32.9 Å². The van der Waals surface area contributed by atoms with Crippen LogP contribution in [0.5, 0.6) is 5.75 Å². The van der Waals surface area contributed by atoms with E-state index in [2.05, 4.69) is 15.5 Å². The number of anilines is 2. The van der Waals surface area contributed by atoms with Crippen LogP contribution in [0, 0.1) is 6.92 Å². The van der Waals surface area contributed by atoms with Crippen molar-refractivity contribution in [2.45, 2.75) is 33.4 Å². The first-order valence-electron chi connectivity index (χ1n) is 6.14. The number of nitrogens with zero attached hydrogens (tertiary/aromatic N) is 2. The zero-order chi connectivity index (χ0) is 13.8. The molecule has 0 radical (unpaired) electrons. The van der Waals surface area contributed by atoms with Crippen molar-refractivity contribution in [3.05, 3.63) is 29.9 Å². The van der Waals surface area contributed by atoms with Crippen LogP contribution >= 0.6 is 0 Å². The second kappa shape index (κ2) is 5.60. The molecular formula is C13H18N4O2. The molecule has 0 aliphatic rings. The summed E-state index contributed by atoms with van der Waals surface area (Å²) in [5, 5.41) is 6.91. The number of aromatic nitrogens is 2. The summed E-state index contributed by atoms with van der Waals surface area (Å²) in [5.41, 5.74) is 7.36. The van der Waals surface area contributed by atoms with E-state index in [1.807, 2.05) is 26.0 Å². The van der Waals surface area contributed by atoms with Gasteiger partial charge in [0.2, 0.25) is 5.89 Å². The lowest BCUT2D eigenvalue weighted by atomic mass is 10.2. The van der Waals surface area contributed by atoms with E-state index in [4.69, 9.17) is 15.0 Å². The summed E-state index contributed by atoms with van der Waals surface area (Å²) < 4.78 is 10.7. The van der Waals surface area contributed by atoms with Gasteiger partial charge in [0.1, 0.15) is 5.75 Å². The quantitative estimate of drug-likeness (QED) is 0.804. The molecule has 0 atom stereocenters. The molecule has 0 amide bonds. The number of nitrogens with one attached hydrogen (secondary N) is 1. The van der Waals surface area contributed by atoms with Gasteiger partial charge >= 0.3 is 0 Å². The molecule has 0 spiro atoms. The van der Waals surface area contributed by atoms with Crippen LogP contribution in [0.25, 0.3) is 0 Å². The van der Waals surface area contributed by atoms with E-state index < -0.39 is 0 Å². The van der Waals surface area contributed by atoms with E-state index in [0.29, 0.717) is 29.7 Å². The van der Waals surface area contributed by atoms with Crippen LogP contribution in [0.2, 0.25) is 0 Å². The molecule has 6 heteroatoms. The molecule has 0 saturated carbocycles. The molecule has 0 aliphatic heterocycles. The van der Waals surface area contributed by atoms with Crippen molar-refractivity contribution in [3.8, 4) is 5.75 Å². The maximum Gasteiger partial charge on any atom is 0.245 e. The molecule has 0 bridgehead atoms. The fourth-order valence-corrected chi connectivity index (χ4v) is 1.59. The molecule has 3 N–H and O–H groups in total. The molecule has 6 nitrogen and oxygen atoms in total. The predicted molar refractivity (Wildman–Crippen MR) is 73.0 cm³/mol. The van der Waals surface area contributed by atoms with Crippen LogP contribution in [-0.2, 0) is 6.54 Å². The van der Waals surface area contributed by atoms with Crippen molar-refractivity contribution in [1.29, 1.82) is 0 Å². The van der Waals surface area contributed by atoms with E-state index in [0.717, 1.165) is 5.69 Å². The molecule has 1 aromatic carbocycles. The van der Waals surface area contributed by atoms with Crippen molar-refractivity contribution in [2.24, 2.45) is 0 Å². The molecule has 1 heterocycles. The Balaban J connectivity index is 2.04. The fraction of sp³-hybridized carbons (Fsp3) is 0.385. The monoisotopic (exact) mass is 262 g/mol. The summed E-state index contributed by atoms with van der Waals surface area (Å²) in [5.74, 6) is 1.83. The Morgan fingerprint density at radius 2 is 2.21 bits per heavy atom. The highest BCUT2D eigenvalue weighted by Crippen LogP contribution is 2.26. The lowest BCUT2D eigenvalue weighted by Crippen LogP contribution is -2.08. The topological polar surface area (TPSA) is 86.2 Å². The van der Waals surface area contributed by atoms with Crippen molar-refractivity contribution in [2.75, 3.05) is 11.1 Å². The average molecular weight is 262 g/mol. The zero-order valence-corrected chi connectivity index (χ0v) is 11.3. The number of hydrogen-bond acceptors (Lipinski definition) is 6. The van der Waals surface area contributed by atoms with Crippen LogP contribution < -0.4 is 15.8 Å². The van der Waals surface area contributed by atoms with Gasteiger partial charge in [-0.3, -0.25) is 0 Å². The molecule has 0 aliphatic carbocycles. The van der Waals surface area contributed by atoms with Gasteiger partial charge in [0.15, 0.2) is 5.82 Å². The average Bonchev–Trinajstić information content (AvgIpc) is 2.75. The minimum atomic E-state index is 0.0798. The van der Waals surface area contributed by atoms with Gasteiger partial charge < -0.3 is 20.3 Å². The molecule has 102 valence electrons. The largest absolute Gasteiger partial charge is 0.489 e. The lowest BCUT2D eigenvalue weighted by molar-refractivity contribution is 0.244. The van der Waals surface area contributed by atoms with Gasteiger partial charge in [-0.25, -0.2) is 0 Å². The van der Waals surface area contributed by atoms with E-state index in [-0.39, 0.29) is 6.10 Å². The van der Waals surface area contributed by atoms with Gasteiger partial charge in [0.05, 0.1) is 18.3 Å². The van der Waals surface area contributed by atoms with Crippen LogP contribution in [0.3, 0.4) is 0 Å². The Bertz CT molecular complexity index is 551. The minimum absolute atomic E-state index is 0.0798. The minimum Gasteiger partial charge on any atom is -0.489 e. The first-order chi connectivity index (χ1) is 9.04. The number of aryl methyl sites for hydroxylation is 1. The highest BCUT2D eigenvalue weighted by molar-refractivity contribution is 5.61. The number of rotatable bonds is 5. The zero-order valence-electron chi connectivity index (χ0n) is 11.3. The third-order valence-electron chi connectivity index (χ3n) is 2.39. The van der Waals surface area contributed by atoms with E-state index in [9.17, 15) is 0 Å². The number of benzene rings is 1. The maximum absolute atomic E-state index is 5.85. The standard InChI is InChI=1S/C13H18N4O2/c1-8(2)18-12-6-10(4-5-11(12)14)15-7-13-16-9(3)17-19-13/h4-6,8,15H,7,14H2,1-3H3. The molecular weight excluding hydrogens is 244 g/mol. The predicted octanol–water partition coefficient (Wildman–Crippen LogP) is 2.36. The van der Waals surface area contributed by atoms with Crippen molar-refractivity contribution < 1.29 is 9.26 Å². The lowest BCUT2D eigenvalue weighted by Gasteiger charge is -2.13. The van der Waals surface area contributed by atoms with Gasteiger partial charge in [-0.2, -0.15) is 4.98 Å². The summed E-state index contributed by atoms with van der Waals surface area (Å²) in [6.45, 7) is 6.16. The summed E-state index contributed by atoms with van der Waals surface area (Å²) in [6, 6.07) is 5.55. The Morgan fingerprint density at radius 3 is 2.84 bits per heavy atom. The summed E-state index contributed by atoms with van der Waals surface area (Å²) >= 11 is 0. The second-order valence-electron chi connectivity index (χ2n) is 4.51. The smallest absolute Gasteiger partial charge is 0.245 e. The molecule has 0 fully saturated rings. The van der Waals surface area contributed by atoms with Crippen LogP contribution in [0.15, 0.2) is 22.7 Å². The van der Waals surface area contributed by atoms with Crippen molar-refractivity contribution in [3.63, 3.8) is 0 Å². The Hall–Kier alpha value is -2.24. The van der Waals surface area contributed by atoms with E-state index in [1.54, 1.807) is 13.0 Å². The first-order valence-corrected chi connectivity index (χ1v) is 6.14. The molecule has 1 aromatic heterocycles. The molecule has 19 heavy (non-hydrogen) atoms. The van der Waals surface area contributed by atoms with Gasteiger partial charge in [0, 0.05) is 11.8 Å². The normalized spacial score (nSPS) is 10.7. The SMILES string of the molecule is Cc1noc(CNc2ccc(N)c(OC(C)C)c2)n1. The summed E-state index contributed by atoms with van der Waals surface area (Å²) in [6.07, 6.45) is 0.0798. The molecule has 0 unspecified atom stereocenters. The molecule has 0 saturated heterocycles. The van der Waals surface area contributed by atoms with Crippen molar-refractivity contribution >= 4 is 11.4 Å². The second-order valence-corrected chi connectivity index (χ2v) is 4.51. The van der Waals surface area contributed by atoms with Gasteiger partial charge in [-0.1, -0.05) is 5.16 Å². The third-order valence-corrected chi connectivity index (χ3v) is 2.39. The Kier molecular flexibility index (Phi) is 3.89. The first kappa shape index (κ1) is 13.2. The molecule has 2 rings (SSSR count). The third kappa shape index (κ3) is 3.61. The fourth-order valence-electron chi connectivity index (χ4n) is 1.59. The number of nitrogen functional groups attached to an aromatic ring is 1. The van der Waals surface area contributed by atoms with Crippen LogP contribution in [0.1, 0.15) is 25.6 Å². The number of nitrogens with two attached hydrogens (primary N) is 1. The van der Waals surface area contributed by atoms with Crippen molar-refractivity contribution in [1.82, 2.24) is 10.1 Å². The van der Waals surface area contributed by atoms with Crippen LogP contribution in [0.4, 0.5) is 11.4 Å². The Labute approximate surface area is 112 Å². The maximum atomic E-state index is 5.85. The highest BCUT2D eigenvalue weighted by atomic mass is 16.5.